The molecule has 0 spiro atoms. The average Bonchev–Trinajstić information content (AvgIpc) is 3.27. The minimum absolute atomic E-state index is 0.122. The van der Waals surface area contributed by atoms with Crippen molar-refractivity contribution in [3.05, 3.63) is 83.8 Å². The fourth-order valence-corrected chi connectivity index (χ4v) is 2.33. The van der Waals surface area contributed by atoms with E-state index in [9.17, 15) is 9.59 Å². The summed E-state index contributed by atoms with van der Waals surface area (Å²) in [5, 5.41) is 14.2. The van der Waals surface area contributed by atoms with E-state index in [1.807, 2.05) is 6.07 Å². The molecule has 3 rings (SSSR count). The third kappa shape index (κ3) is 5.22. The predicted octanol–water partition coefficient (Wildman–Crippen LogP) is 3.10. The zero-order valence-electron chi connectivity index (χ0n) is 14.8. The Kier molecular flexibility index (Phi) is 6.06. The molecule has 0 atom stereocenters. The molecule has 0 saturated carbocycles. The molecule has 0 aliphatic carbocycles. The number of hydrogen-bond donors (Lipinski definition) is 2. The van der Waals surface area contributed by atoms with Crippen molar-refractivity contribution < 1.29 is 18.7 Å². The first kappa shape index (κ1) is 18.7. The van der Waals surface area contributed by atoms with Gasteiger partial charge in [-0.15, -0.1) is 0 Å². The summed E-state index contributed by atoms with van der Waals surface area (Å²) >= 11 is 0. The third-order valence-electron chi connectivity index (χ3n) is 3.80. The molecule has 7 nitrogen and oxygen atoms in total. The Bertz CT molecular complexity index is 972. The van der Waals surface area contributed by atoms with Crippen LogP contribution in [0.5, 0.6) is 5.75 Å². The molecule has 1 heterocycles. The number of carbonyl (C=O) groups excluding carboxylic acids is 2. The van der Waals surface area contributed by atoms with E-state index in [1.165, 1.54) is 6.26 Å². The lowest BCUT2D eigenvalue weighted by atomic mass is 10.2. The number of nitriles is 1. The van der Waals surface area contributed by atoms with Crippen LogP contribution in [0.4, 0.5) is 5.69 Å². The van der Waals surface area contributed by atoms with Crippen molar-refractivity contribution in [2.75, 3.05) is 11.9 Å². The number of ether oxygens (including phenoxy) is 1. The summed E-state index contributed by atoms with van der Waals surface area (Å²) in [4.78, 5) is 23.8. The maximum atomic E-state index is 11.9. The largest absolute Gasteiger partial charge is 0.484 e. The Morgan fingerprint density at radius 3 is 2.43 bits per heavy atom. The fraction of sp³-hybridized carbons (Fsp3) is 0.0952. The quantitative estimate of drug-likeness (QED) is 0.660. The Hall–Kier alpha value is -4.05. The first-order valence-corrected chi connectivity index (χ1v) is 8.47. The van der Waals surface area contributed by atoms with E-state index in [2.05, 4.69) is 10.6 Å². The van der Waals surface area contributed by atoms with Crippen molar-refractivity contribution in [1.29, 1.82) is 5.26 Å². The summed E-state index contributed by atoms with van der Waals surface area (Å²) in [6, 6.07) is 18.9. The molecule has 0 radical (unpaired) electrons. The number of nitrogens with zero attached hydrogens (tertiary/aromatic N) is 1. The molecule has 28 heavy (non-hydrogen) atoms. The molecule has 3 aromatic rings. The number of amides is 2. The van der Waals surface area contributed by atoms with Gasteiger partial charge in [0.2, 0.25) is 0 Å². The normalized spacial score (nSPS) is 9.96. The molecule has 140 valence electrons. The number of rotatable bonds is 7. The SMILES string of the molecule is N#Cc1ccc(OCC(=O)NCc2ccc(NC(=O)c3ccco3)cc2)cc1. The van der Waals surface area contributed by atoms with Crippen LogP contribution in [0.2, 0.25) is 0 Å². The summed E-state index contributed by atoms with van der Waals surface area (Å²) in [7, 11) is 0. The summed E-state index contributed by atoms with van der Waals surface area (Å²) < 4.78 is 10.4. The maximum Gasteiger partial charge on any atom is 0.291 e. The van der Waals surface area contributed by atoms with E-state index in [0.717, 1.165) is 5.56 Å². The van der Waals surface area contributed by atoms with Crippen LogP contribution in [-0.2, 0) is 11.3 Å². The molecule has 7 heteroatoms. The standard InChI is InChI=1S/C21H17N3O4/c22-12-15-5-9-18(10-6-15)28-14-20(25)23-13-16-3-7-17(8-4-16)24-21(26)19-2-1-11-27-19/h1-11H,13-14H2,(H,23,25)(H,24,26). The number of nitrogens with one attached hydrogen (secondary N) is 2. The molecular formula is C21H17N3O4. The van der Waals surface area contributed by atoms with Crippen molar-refractivity contribution in [2.45, 2.75) is 6.54 Å². The van der Waals surface area contributed by atoms with Gasteiger partial charge < -0.3 is 19.8 Å². The van der Waals surface area contributed by atoms with Crippen LogP contribution in [0.15, 0.2) is 71.3 Å². The first-order chi connectivity index (χ1) is 13.6. The van der Waals surface area contributed by atoms with Crippen LogP contribution in [0.1, 0.15) is 21.7 Å². The minimum Gasteiger partial charge on any atom is -0.484 e. The molecule has 2 amide bonds. The Morgan fingerprint density at radius 1 is 1.04 bits per heavy atom. The third-order valence-corrected chi connectivity index (χ3v) is 3.80. The van der Waals surface area contributed by atoms with Gasteiger partial charge in [-0.3, -0.25) is 9.59 Å². The van der Waals surface area contributed by atoms with Crippen molar-refractivity contribution in [3.8, 4) is 11.8 Å². The lowest BCUT2D eigenvalue weighted by Gasteiger charge is -2.08. The Balaban J connectivity index is 1.43. The van der Waals surface area contributed by atoms with Gasteiger partial charge in [-0.2, -0.15) is 5.26 Å². The van der Waals surface area contributed by atoms with Gasteiger partial charge in [0.25, 0.3) is 11.8 Å². The van der Waals surface area contributed by atoms with Gasteiger partial charge in [0.15, 0.2) is 12.4 Å². The lowest BCUT2D eigenvalue weighted by Crippen LogP contribution is -2.28. The highest BCUT2D eigenvalue weighted by molar-refractivity contribution is 6.02. The molecule has 2 N–H and O–H groups in total. The van der Waals surface area contributed by atoms with Gasteiger partial charge in [-0.25, -0.2) is 0 Å². The fourth-order valence-electron chi connectivity index (χ4n) is 2.33. The van der Waals surface area contributed by atoms with Crippen molar-refractivity contribution in [1.82, 2.24) is 5.32 Å². The molecule has 0 aliphatic heterocycles. The monoisotopic (exact) mass is 375 g/mol. The van der Waals surface area contributed by atoms with Crippen molar-refractivity contribution in [2.24, 2.45) is 0 Å². The Labute approximate surface area is 161 Å². The molecule has 0 unspecified atom stereocenters. The molecule has 0 fully saturated rings. The van der Waals surface area contributed by atoms with Gasteiger partial charge in [-0.05, 0) is 54.1 Å². The molecule has 0 aliphatic rings. The zero-order chi connectivity index (χ0) is 19.8. The van der Waals surface area contributed by atoms with Crippen molar-refractivity contribution >= 4 is 17.5 Å². The average molecular weight is 375 g/mol. The summed E-state index contributed by atoms with van der Waals surface area (Å²) in [6.45, 7) is 0.213. The molecule has 0 saturated heterocycles. The number of benzene rings is 2. The highest BCUT2D eigenvalue weighted by Gasteiger charge is 2.08. The van der Waals surface area contributed by atoms with E-state index in [4.69, 9.17) is 14.4 Å². The first-order valence-electron chi connectivity index (χ1n) is 8.47. The van der Waals surface area contributed by atoms with Crippen LogP contribution in [0.25, 0.3) is 0 Å². The predicted molar refractivity (Wildman–Crippen MR) is 102 cm³/mol. The summed E-state index contributed by atoms with van der Waals surface area (Å²) in [5.41, 5.74) is 2.03. The maximum absolute atomic E-state index is 11.9. The van der Waals surface area contributed by atoms with E-state index in [1.54, 1.807) is 60.7 Å². The van der Waals surface area contributed by atoms with E-state index >= 15 is 0 Å². The van der Waals surface area contributed by atoms with Crippen LogP contribution < -0.4 is 15.4 Å². The van der Waals surface area contributed by atoms with Crippen LogP contribution in [-0.4, -0.2) is 18.4 Å². The molecular weight excluding hydrogens is 358 g/mol. The van der Waals surface area contributed by atoms with Crippen LogP contribution in [0, 0.1) is 11.3 Å². The van der Waals surface area contributed by atoms with Crippen molar-refractivity contribution in [3.63, 3.8) is 0 Å². The highest BCUT2D eigenvalue weighted by atomic mass is 16.5. The van der Waals surface area contributed by atoms with Gasteiger partial charge in [0.05, 0.1) is 17.9 Å². The van der Waals surface area contributed by atoms with Gasteiger partial charge >= 0.3 is 0 Å². The second kappa shape index (κ2) is 9.05. The molecule has 1 aromatic heterocycles. The Morgan fingerprint density at radius 2 is 1.79 bits per heavy atom. The number of anilines is 1. The smallest absolute Gasteiger partial charge is 0.291 e. The van der Waals surface area contributed by atoms with E-state index in [-0.39, 0.29) is 24.2 Å². The van der Waals surface area contributed by atoms with Gasteiger partial charge in [0, 0.05) is 12.2 Å². The second-order valence-corrected chi connectivity index (χ2v) is 5.83. The summed E-state index contributed by atoms with van der Waals surface area (Å²) in [5.74, 6) is 0.162. The number of carbonyl (C=O) groups is 2. The van der Waals surface area contributed by atoms with Crippen LogP contribution >= 0.6 is 0 Å². The van der Waals surface area contributed by atoms with E-state index in [0.29, 0.717) is 23.5 Å². The highest BCUT2D eigenvalue weighted by Crippen LogP contribution is 2.13. The second-order valence-electron chi connectivity index (χ2n) is 5.83. The minimum atomic E-state index is -0.328. The van der Waals surface area contributed by atoms with Crippen LogP contribution in [0.3, 0.4) is 0 Å². The topological polar surface area (TPSA) is 104 Å². The zero-order valence-corrected chi connectivity index (χ0v) is 14.8. The lowest BCUT2D eigenvalue weighted by molar-refractivity contribution is -0.123. The van der Waals surface area contributed by atoms with E-state index < -0.39 is 0 Å². The van der Waals surface area contributed by atoms with Gasteiger partial charge in [0.1, 0.15) is 5.75 Å². The van der Waals surface area contributed by atoms with Gasteiger partial charge in [-0.1, -0.05) is 12.1 Å². The number of hydrogen-bond acceptors (Lipinski definition) is 5. The summed E-state index contributed by atoms with van der Waals surface area (Å²) in [6.07, 6.45) is 1.44. The number of furan rings is 1. The molecule has 0 bridgehead atoms. The molecule has 2 aromatic carbocycles.